The minimum absolute atomic E-state index is 0.171. The van der Waals surface area contributed by atoms with E-state index < -0.39 is 11.6 Å². The molecular formula is C22H22O5. The second-order valence-electron chi connectivity index (χ2n) is 7.29. The van der Waals surface area contributed by atoms with Gasteiger partial charge in [-0.1, -0.05) is 30.3 Å². The third kappa shape index (κ3) is 4.37. The second kappa shape index (κ2) is 7.27. The van der Waals surface area contributed by atoms with Crippen LogP contribution in [0.5, 0.6) is 11.5 Å². The van der Waals surface area contributed by atoms with E-state index in [1.807, 2.05) is 30.3 Å². The summed E-state index contributed by atoms with van der Waals surface area (Å²) in [7, 11) is 0. The summed E-state index contributed by atoms with van der Waals surface area (Å²) in [6.45, 7) is 6.97. The van der Waals surface area contributed by atoms with Crippen LogP contribution in [-0.2, 0) is 9.53 Å². The highest BCUT2D eigenvalue weighted by Crippen LogP contribution is 2.39. The monoisotopic (exact) mass is 366 g/mol. The third-order valence-electron chi connectivity index (χ3n) is 3.90. The number of allylic oxidation sites excluding steroid dienone is 1. The molecule has 2 aromatic carbocycles. The number of carbonyl (C=O) groups is 2. The van der Waals surface area contributed by atoms with E-state index >= 15 is 0 Å². The van der Waals surface area contributed by atoms with E-state index in [1.165, 1.54) is 0 Å². The van der Waals surface area contributed by atoms with Crippen LogP contribution in [0.3, 0.4) is 0 Å². The van der Waals surface area contributed by atoms with E-state index in [0.717, 1.165) is 5.56 Å². The number of esters is 1. The highest BCUT2D eigenvalue weighted by Gasteiger charge is 2.30. The van der Waals surface area contributed by atoms with Crippen molar-refractivity contribution in [3.8, 4) is 11.5 Å². The van der Waals surface area contributed by atoms with Crippen LogP contribution in [0, 0.1) is 6.92 Å². The average molecular weight is 366 g/mol. The van der Waals surface area contributed by atoms with Crippen molar-refractivity contribution in [2.75, 3.05) is 6.61 Å². The maximum Gasteiger partial charge on any atom is 0.344 e. The van der Waals surface area contributed by atoms with Crippen molar-refractivity contribution in [3.63, 3.8) is 0 Å². The number of rotatable bonds is 4. The molecule has 0 spiro atoms. The second-order valence-corrected chi connectivity index (χ2v) is 7.29. The zero-order chi connectivity index (χ0) is 19.6. The van der Waals surface area contributed by atoms with Crippen molar-refractivity contribution in [1.82, 2.24) is 0 Å². The van der Waals surface area contributed by atoms with Gasteiger partial charge in [0.2, 0.25) is 5.78 Å². The van der Waals surface area contributed by atoms with Crippen LogP contribution < -0.4 is 9.47 Å². The first-order chi connectivity index (χ1) is 12.7. The maximum atomic E-state index is 12.6. The van der Waals surface area contributed by atoms with Crippen molar-refractivity contribution in [1.29, 1.82) is 0 Å². The Hall–Kier alpha value is -3.08. The van der Waals surface area contributed by atoms with Gasteiger partial charge in [0, 0.05) is 5.56 Å². The molecule has 0 saturated carbocycles. The lowest BCUT2D eigenvalue weighted by Gasteiger charge is -2.19. The van der Waals surface area contributed by atoms with E-state index in [9.17, 15) is 9.59 Å². The number of benzene rings is 2. The van der Waals surface area contributed by atoms with Crippen LogP contribution in [0.4, 0.5) is 0 Å². The summed E-state index contributed by atoms with van der Waals surface area (Å²) < 4.78 is 16.6. The third-order valence-corrected chi connectivity index (χ3v) is 3.90. The number of ketones is 1. The van der Waals surface area contributed by atoms with Crippen LogP contribution >= 0.6 is 0 Å². The summed E-state index contributed by atoms with van der Waals surface area (Å²) in [4.78, 5) is 24.4. The molecule has 140 valence electrons. The van der Waals surface area contributed by atoms with Crippen molar-refractivity contribution in [2.45, 2.75) is 33.3 Å². The van der Waals surface area contributed by atoms with Gasteiger partial charge in [-0.3, -0.25) is 4.79 Å². The lowest BCUT2D eigenvalue weighted by Crippen LogP contribution is -2.27. The molecule has 0 N–H and O–H groups in total. The zero-order valence-corrected chi connectivity index (χ0v) is 15.9. The molecule has 0 radical (unpaired) electrons. The molecule has 0 saturated heterocycles. The van der Waals surface area contributed by atoms with Crippen LogP contribution in [0.1, 0.15) is 42.3 Å². The Morgan fingerprint density at radius 3 is 2.48 bits per heavy atom. The van der Waals surface area contributed by atoms with Crippen LogP contribution in [0.2, 0.25) is 0 Å². The van der Waals surface area contributed by atoms with Crippen molar-refractivity contribution in [3.05, 3.63) is 64.9 Å². The van der Waals surface area contributed by atoms with Crippen LogP contribution in [-0.4, -0.2) is 24.0 Å². The van der Waals surface area contributed by atoms with E-state index in [0.29, 0.717) is 22.6 Å². The number of Topliss-reactive ketones (excluding diaryl/α,β-unsaturated/α-hetero) is 1. The fraction of sp³-hybridized carbons (Fsp3) is 0.273. The zero-order valence-electron chi connectivity index (χ0n) is 15.9. The molecule has 0 fully saturated rings. The van der Waals surface area contributed by atoms with Gasteiger partial charge in [-0.25, -0.2) is 4.79 Å². The molecule has 3 rings (SSSR count). The van der Waals surface area contributed by atoms with Crippen LogP contribution in [0.25, 0.3) is 6.08 Å². The Morgan fingerprint density at radius 2 is 1.81 bits per heavy atom. The first-order valence-electron chi connectivity index (χ1n) is 8.72. The molecule has 0 amide bonds. The van der Waals surface area contributed by atoms with Crippen LogP contribution in [0.15, 0.2) is 48.2 Å². The molecular weight excluding hydrogens is 344 g/mol. The Labute approximate surface area is 158 Å². The van der Waals surface area contributed by atoms with E-state index in [4.69, 9.17) is 14.2 Å². The molecule has 2 aromatic rings. The molecule has 0 atom stereocenters. The molecule has 1 aliphatic rings. The summed E-state index contributed by atoms with van der Waals surface area (Å²) in [6, 6.07) is 12.8. The van der Waals surface area contributed by atoms with E-state index in [2.05, 4.69) is 0 Å². The summed E-state index contributed by atoms with van der Waals surface area (Å²) in [5.41, 5.74) is 1.47. The summed E-state index contributed by atoms with van der Waals surface area (Å²) in [6.07, 6.45) is 1.71. The van der Waals surface area contributed by atoms with Gasteiger partial charge in [0.1, 0.15) is 17.1 Å². The number of hydrogen-bond acceptors (Lipinski definition) is 5. The first kappa shape index (κ1) is 18.7. The fourth-order valence-electron chi connectivity index (χ4n) is 2.73. The highest BCUT2D eigenvalue weighted by molar-refractivity contribution is 6.14. The fourth-order valence-corrected chi connectivity index (χ4v) is 2.73. The number of hydrogen-bond donors (Lipinski definition) is 0. The van der Waals surface area contributed by atoms with Crippen molar-refractivity contribution >= 4 is 17.8 Å². The minimum Gasteiger partial charge on any atom is -0.481 e. The maximum absolute atomic E-state index is 12.6. The summed E-state index contributed by atoms with van der Waals surface area (Å²) in [5.74, 6) is 0.584. The predicted octanol–water partition coefficient (Wildman–Crippen LogP) is 4.33. The quantitative estimate of drug-likeness (QED) is 0.595. The molecule has 0 aromatic heterocycles. The van der Waals surface area contributed by atoms with Gasteiger partial charge in [-0.15, -0.1) is 0 Å². The Morgan fingerprint density at radius 1 is 1.11 bits per heavy atom. The lowest BCUT2D eigenvalue weighted by atomic mass is 10.1. The molecule has 5 nitrogen and oxygen atoms in total. The Bertz CT molecular complexity index is 904. The Balaban J connectivity index is 1.77. The van der Waals surface area contributed by atoms with E-state index in [-0.39, 0.29) is 18.1 Å². The smallest absolute Gasteiger partial charge is 0.344 e. The van der Waals surface area contributed by atoms with Gasteiger partial charge in [0.15, 0.2) is 12.4 Å². The molecule has 1 aliphatic heterocycles. The summed E-state index contributed by atoms with van der Waals surface area (Å²) in [5, 5.41) is 0. The number of carbonyl (C=O) groups excluding carboxylic acids is 2. The normalized spacial score (nSPS) is 14.7. The largest absolute Gasteiger partial charge is 0.481 e. The van der Waals surface area contributed by atoms with Gasteiger partial charge in [-0.05, 0) is 51.5 Å². The van der Waals surface area contributed by atoms with Gasteiger partial charge in [0.05, 0.1) is 5.56 Å². The molecule has 27 heavy (non-hydrogen) atoms. The first-order valence-corrected chi connectivity index (χ1v) is 8.72. The van der Waals surface area contributed by atoms with E-state index in [1.54, 1.807) is 45.9 Å². The van der Waals surface area contributed by atoms with Gasteiger partial charge in [-0.2, -0.15) is 0 Å². The predicted molar refractivity (Wildman–Crippen MR) is 102 cm³/mol. The standard InChI is InChI=1S/C22H22O5/c1-14-17(25-13-19(23)27-22(2,3)4)11-10-16-20(24)18(26-21(14)16)12-15-8-6-5-7-9-15/h5-12H,13H2,1-4H3/b18-12-. The molecule has 5 heteroatoms. The number of fused-ring (bicyclic) bond motifs is 1. The highest BCUT2D eigenvalue weighted by atomic mass is 16.6. The lowest BCUT2D eigenvalue weighted by molar-refractivity contribution is -0.157. The molecule has 0 bridgehead atoms. The molecule has 0 unspecified atom stereocenters. The van der Waals surface area contributed by atoms with Crippen molar-refractivity contribution < 1.29 is 23.8 Å². The SMILES string of the molecule is Cc1c(OCC(=O)OC(C)(C)C)ccc2c1O/C(=C\c1ccccc1)C2=O. The topological polar surface area (TPSA) is 61.8 Å². The number of ether oxygens (including phenoxy) is 3. The molecule has 1 heterocycles. The summed E-state index contributed by atoms with van der Waals surface area (Å²) >= 11 is 0. The Kier molecular flexibility index (Phi) is 5.04. The van der Waals surface area contributed by atoms with Crippen molar-refractivity contribution in [2.24, 2.45) is 0 Å². The minimum atomic E-state index is -0.569. The average Bonchev–Trinajstić information content (AvgIpc) is 2.91. The van der Waals surface area contributed by atoms with Gasteiger partial charge in [0.25, 0.3) is 0 Å². The molecule has 0 aliphatic carbocycles. The van der Waals surface area contributed by atoms with Gasteiger partial charge >= 0.3 is 5.97 Å². The van der Waals surface area contributed by atoms with Gasteiger partial charge < -0.3 is 14.2 Å².